The molecule has 1 N–H and O–H groups in total. The van der Waals surface area contributed by atoms with Crippen molar-refractivity contribution in [3.63, 3.8) is 0 Å². The van der Waals surface area contributed by atoms with Gasteiger partial charge in [-0.25, -0.2) is 14.4 Å². The first kappa shape index (κ1) is 23.7. The lowest BCUT2D eigenvalue weighted by Crippen LogP contribution is -2.07. The summed E-state index contributed by atoms with van der Waals surface area (Å²) >= 11 is 4.27. The van der Waals surface area contributed by atoms with Crippen LogP contribution in [-0.4, -0.2) is 21.0 Å². The number of carboxylic acid groups (broad SMARTS) is 1. The molecule has 4 nitrogen and oxygen atoms in total. The van der Waals surface area contributed by atoms with E-state index in [1.165, 1.54) is 28.7 Å². The van der Waals surface area contributed by atoms with E-state index in [-0.39, 0.29) is 6.42 Å². The van der Waals surface area contributed by atoms with Crippen LogP contribution in [0.4, 0.5) is 17.6 Å². The molecule has 0 aliphatic carbocycles. The van der Waals surface area contributed by atoms with E-state index < -0.39 is 23.5 Å². The van der Waals surface area contributed by atoms with E-state index >= 15 is 0 Å². The number of benzene rings is 2. The van der Waals surface area contributed by atoms with Crippen LogP contribution in [-0.2, 0) is 23.1 Å². The second-order valence-corrected chi connectivity index (χ2v) is 10.4. The van der Waals surface area contributed by atoms with Gasteiger partial charge in [0.1, 0.15) is 15.8 Å². The summed E-state index contributed by atoms with van der Waals surface area (Å²) in [5.41, 5.74) is 1.52. The number of rotatable bonds is 6. The van der Waals surface area contributed by atoms with Crippen LogP contribution in [0.25, 0.3) is 20.8 Å². The third-order valence-electron chi connectivity index (χ3n) is 4.88. The summed E-state index contributed by atoms with van der Waals surface area (Å²) in [5.74, 6) is -1.66. The maximum atomic E-state index is 14.0. The lowest BCUT2D eigenvalue weighted by molar-refractivity contribution is -0.140. The number of hydrogen-bond donors (Lipinski definition) is 1. The predicted octanol–water partition coefficient (Wildman–Crippen LogP) is 7.11. The normalized spacial score (nSPS) is 11.9. The number of alkyl halides is 3. The lowest BCUT2D eigenvalue weighted by Gasteiger charge is -2.08. The Morgan fingerprint density at radius 1 is 1.12 bits per heavy atom. The highest BCUT2D eigenvalue weighted by Gasteiger charge is 2.34. The number of halogens is 4. The standard InChI is InChI=1S/C22H16F4N2O2S3/c1-10-16(6-5-15-20(10)33-18(28-15)8-19(29)30)31-9-17-11(2)27-21(32-17)12-3-4-13(14(23)7-12)22(24,25)26/h3-7H,8-9H2,1-2H3,(H,29,30). The van der Waals surface area contributed by atoms with E-state index in [0.29, 0.717) is 21.3 Å². The van der Waals surface area contributed by atoms with Crippen molar-refractivity contribution in [3.05, 3.63) is 62.9 Å². The van der Waals surface area contributed by atoms with Gasteiger partial charge in [0.2, 0.25) is 0 Å². The minimum Gasteiger partial charge on any atom is -0.481 e. The molecule has 33 heavy (non-hydrogen) atoms. The lowest BCUT2D eigenvalue weighted by atomic mass is 10.1. The first-order valence-corrected chi connectivity index (χ1v) is 12.2. The van der Waals surface area contributed by atoms with Crippen LogP contribution in [0.3, 0.4) is 0 Å². The summed E-state index contributed by atoms with van der Waals surface area (Å²) in [6.45, 7) is 3.77. The van der Waals surface area contributed by atoms with Gasteiger partial charge in [-0.1, -0.05) is 6.07 Å². The Bertz CT molecular complexity index is 1360. The number of aliphatic carboxylic acids is 1. The Hall–Kier alpha value is -2.50. The van der Waals surface area contributed by atoms with Crippen molar-refractivity contribution in [2.24, 2.45) is 0 Å². The Balaban J connectivity index is 1.54. The summed E-state index contributed by atoms with van der Waals surface area (Å²) in [7, 11) is 0. The van der Waals surface area contributed by atoms with E-state index in [1.54, 1.807) is 11.8 Å². The molecule has 0 amide bonds. The van der Waals surface area contributed by atoms with Crippen molar-refractivity contribution in [1.29, 1.82) is 0 Å². The average Bonchev–Trinajstić information content (AvgIpc) is 3.29. The van der Waals surface area contributed by atoms with Gasteiger partial charge >= 0.3 is 12.1 Å². The zero-order chi connectivity index (χ0) is 23.9. The molecular weight excluding hydrogens is 496 g/mol. The number of aryl methyl sites for hydroxylation is 2. The van der Waals surface area contributed by atoms with Gasteiger partial charge < -0.3 is 5.11 Å². The molecule has 4 aromatic rings. The van der Waals surface area contributed by atoms with Gasteiger partial charge in [0.05, 0.1) is 27.9 Å². The highest BCUT2D eigenvalue weighted by Crippen LogP contribution is 2.38. The van der Waals surface area contributed by atoms with E-state index in [2.05, 4.69) is 9.97 Å². The van der Waals surface area contributed by atoms with Crippen LogP contribution in [0.5, 0.6) is 0 Å². The summed E-state index contributed by atoms with van der Waals surface area (Å²) < 4.78 is 53.4. The van der Waals surface area contributed by atoms with Crippen molar-refractivity contribution < 1.29 is 27.5 Å². The molecule has 2 heterocycles. The van der Waals surface area contributed by atoms with Crippen molar-refractivity contribution >= 4 is 50.6 Å². The van der Waals surface area contributed by atoms with Crippen LogP contribution in [0.15, 0.2) is 35.2 Å². The topological polar surface area (TPSA) is 63.1 Å². The zero-order valence-electron chi connectivity index (χ0n) is 17.3. The predicted molar refractivity (Wildman–Crippen MR) is 123 cm³/mol. The van der Waals surface area contributed by atoms with Gasteiger partial charge in [-0.3, -0.25) is 4.79 Å². The summed E-state index contributed by atoms with van der Waals surface area (Å²) in [6.07, 6.45) is -4.86. The van der Waals surface area contributed by atoms with E-state index in [0.717, 1.165) is 43.4 Å². The monoisotopic (exact) mass is 512 g/mol. The maximum Gasteiger partial charge on any atom is 0.419 e. The number of fused-ring (bicyclic) bond motifs is 1. The van der Waals surface area contributed by atoms with Crippen molar-refractivity contribution in [2.45, 2.75) is 37.1 Å². The van der Waals surface area contributed by atoms with Crippen LogP contribution in [0.1, 0.15) is 26.7 Å². The van der Waals surface area contributed by atoms with Crippen molar-refractivity contribution in [2.75, 3.05) is 0 Å². The third kappa shape index (κ3) is 5.04. The minimum absolute atomic E-state index is 0.116. The minimum atomic E-state index is -4.74. The number of hydrogen-bond acceptors (Lipinski definition) is 6. The fraction of sp³-hybridized carbons (Fsp3) is 0.227. The largest absolute Gasteiger partial charge is 0.481 e. The second-order valence-electron chi connectivity index (χ2n) is 7.22. The molecule has 0 atom stereocenters. The first-order valence-electron chi connectivity index (χ1n) is 9.60. The Labute approximate surface area is 198 Å². The summed E-state index contributed by atoms with van der Waals surface area (Å²) in [4.78, 5) is 21.7. The van der Waals surface area contributed by atoms with Gasteiger partial charge in [-0.15, -0.1) is 34.4 Å². The molecule has 0 saturated heterocycles. The smallest absolute Gasteiger partial charge is 0.419 e. The second kappa shape index (κ2) is 9.03. The SMILES string of the molecule is Cc1nc(-c2ccc(C(F)(F)F)c(F)c2)sc1CSc1ccc2nc(CC(=O)O)sc2c1C. The van der Waals surface area contributed by atoms with Gasteiger partial charge in [0, 0.05) is 21.1 Å². The number of thiazole rings is 2. The molecule has 4 rings (SSSR count). The Kier molecular flexibility index (Phi) is 6.47. The molecule has 0 bridgehead atoms. The fourth-order valence-electron chi connectivity index (χ4n) is 3.22. The summed E-state index contributed by atoms with van der Waals surface area (Å²) in [5, 5.41) is 10.0. The molecular formula is C22H16F4N2O2S3. The van der Waals surface area contributed by atoms with Crippen molar-refractivity contribution in [3.8, 4) is 10.6 Å². The molecule has 172 valence electrons. The maximum absolute atomic E-state index is 14.0. The van der Waals surface area contributed by atoms with Crippen LogP contribution in [0.2, 0.25) is 0 Å². The molecule has 0 aliphatic heterocycles. The van der Waals surface area contributed by atoms with Gasteiger partial charge in [-0.2, -0.15) is 13.2 Å². The highest BCUT2D eigenvalue weighted by atomic mass is 32.2. The molecule has 2 aromatic heterocycles. The molecule has 0 spiro atoms. The highest BCUT2D eigenvalue weighted by molar-refractivity contribution is 7.98. The number of thioether (sulfide) groups is 1. The van der Waals surface area contributed by atoms with E-state index in [1.807, 2.05) is 26.0 Å². The van der Waals surface area contributed by atoms with Crippen LogP contribution in [0, 0.1) is 19.7 Å². The summed E-state index contributed by atoms with van der Waals surface area (Å²) in [6, 6.07) is 6.64. The van der Waals surface area contributed by atoms with Gasteiger partial charge in [0.15, 0.2) is 0 Å². The molecule has 11 heteroatoms. The van der Waals surface area contributed by atoms with Gasteiger partial charge in [-0.05, 0) is 43.7 Å². The van der Waals surface area contributed by atoms with E-state index in [4.69, 9.17) is 5.11 Å². The van der Waals surface area contributed by atoms with Crippen molar-refractivity contribution in [1.82, 2.24) is 9.97 Å². The Morgan fingerprint density at radius 3 is 2.55 bits per heavy atom. The first-order chi connectivity index (χ1) is 15.5. The fourth-order valence-corrected chi connectivity index (χ4v) is 6.59. The third-order valence-corrected chi connectivity index (χ3v) is 8.64. The number of carbonyl (C=O) groups is 1. The van der Waals surface area contributed by atoms with Crippen LogP contribution < -0.4 is 0 Å². The molecule has 0 radical (unpaired) electrons. The molecule has 0 aliphatic rings. The molecule has 0 saturated carbocycles. The number of aromatic nitrogens is 2. The van der Waals surface area contributed by atoms with Crippen LogP contribution >= 0.6 is 34.4 Å². The Morgan fingerprint density at radius 2 is 1.88 bits per heavy atom. The number of nitrogens with zero attached hydrogens (tertiary/aromatic N) is 2. The zero-order valence-corrected chi connectivity index (χ0v) is 19.7. The van der Waals surface area contributed by atoms with E-state index in [9.17, 15) is 22.4 Å². The molecule has 0 unspecified atom stereocenters. The molecule has 2 aromatic carbocycles. The molecule has 0 fully saturated rings. The average molecular weight is 513 g/mol. The van der Waals surface area contributed by atoms with Gasteiger partial charge in [0.25, 0.3) is 0 Å². The number of carboxylic acids is 1. The quantitative estimate of drug-likeness (QED) is 0.220.